The molecule has 0 spiro atoms. The Hall–Kier alpha value is -1.64. The zero-order valence-electron chi connectivity index (χ0n) is 14.4. The Morgan fingerprint density at radius 2 is 2.28 bits per heavy atom. The van der Waals surface area contributed by atoms with Crippen molar-refractivity contribution >= 4 is 26.5 Å². The Kier molecular flexibility index (Phi) is 5.61. The van der Waals surface area contributed by atoms with Gasteiger partial charge in [0.1, 0.15) is 5.75 Å². The summed E-state index contributed by atoms with van der Waals surface area (Å²) in [5.41, 5.74) is 0.680. The molecule has 1 aromatic heterocycles. The molecule has 1 atom stereocenters. The maximum atomic E-state index is 12.6. The minimum Gasteiger partial charge on any atom is -0.497 e. The van der Waals surface area contributed by atoms with Crippen molar-refractivity contribution in [2.75, 3.05) is 31.6 Å². The van der Waals surface area contributed by atoms with Crippen LogP contribution in [0.2, 0.25) is 0 Å². The third-order valence-electron chi connectivity index (χ3n) is 4.44. The summed E-state index contributed by atoms with van der Waals surface area (Å²) in [7, 11) is -1.96. The number of ether oxygens (including phenoxy) is 1. The molecule has 136 valence electrons. The van der Waals surface area contributed by atoms with E-state index in [4.69, 9.17) is 4.74 Å². The molecule has 25 heavy (non-hydrogen) atoms. The summed E-state index contributed by atoms with van der Waals surface area (Å²) in [6, 6.07) is 5.00. The Balaban J connectivity index is 1.64. The number of nitrogens with one attached hydrogen (secondary N) is 1. The number of aryl methyl sites for hydroxylation is 1. The lowest BCUT2D eigenvalue weighted by Gasteiger charge is -2.32. The number of methoxy groups -OCH3 is 1. The largest absolute Gasteiger partial charge is 0.497 e. The zero-order valence-corrected chi connectivity index (χ0v) is 16.1. The van der Waals surface area contributed by atoms with Crippen LogP contribution >= 0.6 is 11.3 Å². The monoisotopic (exact) mass is 381 g/mol. The molecular weight excluding hydrogens is 358 g/mol. The Morgan fingerprint density at radius 3 is 2.96 bits per heavy atom. The minimum absolute atomic E-state index is 0.283. The lowest BCUT2D eigenvalue weighted by Crippen LogP contribution is -2.41. The van der Waals surface area contributed by atoms with Crippen LogP contribution in [0.15, 0.2) is 34.7 Å². The van der Waals surface area contributed by atoms with Crippen LogP contribution in [0.25, 0.3) is 0 Å². The van der Waals surface area contributed by atoms with Crippen LogP contribution < -0.4 is 14.4 Å². The third-order valence-corrected chi connectivity index (χ3v) is 6.86. The predicted octanol–water partition coefficient (Wildman–Crippen LogP) is 2.66. The number of hydrogen-bond donors (Lipinski definition) is 1. The molecule has 1 aliphatic rings. The van der Waals surface area contributed by atoms with E-state index in [-0.39, 0.29) is 5.92 Å². The number of rotatable bonds is 6. The molecule has 0 bridgehead atoms. The van der Waals surface area contributed by atoms with Crippen molar-refractivity contribution in [3.63, 3.8) is 0 Å². The highest BCUT2D eigenvalue weighted by Gasteiger charge is 2.24. The SMILES string of the molecule is COc1ccc(S(=O)(=O)NCC2CCCN(c3nccs3)C2)c(C)c1. The summed E-state index contributed by atoms with van der Waals surface area (Å²) in [6.07, 6.45) is 3.87. The van der Waals surface area contributed by atoms with Crippen molar-refractivity contribution in [1.29, 1.82) is 0 Å². The van der Waals surface area contributed by atoms with E-state index in [1.807, 2.05) is 5.38 Å². The van der Waals surface area contributed by atoms with E-state index in [2.05, 4.69) is 14.6 Å². The topological polar surface area (TPSA) is 71.5 Å². The maximum absolute atomic E-state index is 12.6. The van der Waals surface area contributed by atoms with Crippen molar-refractivity contribution in [2.45, 2.75) is 24.7 Å². The number of aromatic nitrogens is 1. The fourth-order valence-corrected chi connectivity index (χ4v) is 5.15. The lowest BCUT2D eigenvalue weighted by molar-refractivity contribution is 0.410. The van der Waals surface area contributed by atoms with Gasteiger partial charge in [0.05, 0.1) is 12.0 Å². The van der Waals surface area contributed by atoms with E-state index in [1.165, 1.54) is 0 Å². The second-order valence-corrected chi connectivity index (χ2v) is 8.86. The quantitative estimate of drug-likeness (QED) is 0.833. The van der Waals surface area contributed by atoms with Crippen molar-refractivity contribution in [2.24, 2.45) is 5.92 Å². The minimum atomic E-state index is -3.52. The maximum Gasteiger partial charge on any atom is 0.240 e. The predicted molar refractivity (Wildman–Crippen MR) is 100.0 cm³/mol. The van der Waals surface area contributed by atoms with Crippen LogP contribution in [0.4, 0.5) is 5.13 Å². The van der Waals surface area contributed by atoms with Crippen LogP contribution in [0.1, 0.15) is 18.4 Å². The molecule has 0 saturated carbocycles. The summed E-state index contributed by atoms with van der Waals surface area (Å²) in [6.45, 7) is 4.03. The fourth-order valence-electron chi connectivity index (χ4n) is 3.13. The number of hydrogen-bond acceptors (Lipinski definition) is 6. The van der Waals surface area contributed by atoms with Gasteiger partial charge in [-0.1, -0.05) is 0 Å². The number of benzene rings is 1. The van der Waals surface area contributed by atoms with E-state index >= 15 is 0 Å². The van der Waals surface area contributed by atoms with Crippen LogP contribution in [-0.2, 0) is 10.0 Å². The Labute approximate surface area is 152 Å². The van der Waals surface area contributed by atoms with Crippen LogP contribution in [0.3, 0.4) is 0 Å². The van der Waals surface area contributed by atoms with Gasteiger partial charge in [0.2, 0.25) is 10.0 Å². The number of thiazole rings is 1. The molecule has 1 N–H and O–H groups in total. The zero-order chi connectivity index (χ0) is 17.9. The lowest BCUT2D eigenvalue weighted by atomic mass is 9.99. The molecule has 3 rings (SSSR count). The van der Waals surface area contributed by atoms with Crippen molar-refractivity contribution in [1.82, 2.24) is 9.71 Å². The third kappa shape index (κ3) is 4.31. The van der Waals surface area contributed by atoms with Gasteiger partial charge in [-0.05, 0) is 49.4 Å². The normalized spacial score (nSPS) is 18.3. The van der Waals surface area contributed by atoms with E-state index in [1.54, 1.807) is 49.8 Å². The summed E-state index contributed by atoms with van der Waals surface area (Å²) in [5.74, 6) is 0.939. The molecule has 2 aromatic rings. The highest BCUT2D eigenvalue weighted by Crippen LogP contribution is 2.25. The van der Waals surface area contributed by atoms with Crippen molar-refractivity contribution in [3.8, 4) is 5.75 Å². The van der Waals surface area contributed by atoms with Crippen molar-refractivity contribution in [3.05, 3.63) is 35.3 Å². The molecule has 0 amide bonds. The highest BCUT2D eigenvalue weighted by atomic mass is 32.2. The van der Waals surface area contributed by atoms with Crippen LogP contribution in [0, 0.1) is 12.8 Å². The van der Waals surface area contributed by atoms with Gasteiger partial charge in [0.25, 0.3) is 0 Å². The first kappa shape index (κ1) is 18.2. The molecule has 2 heterocycles. The Morgan fingerprint density at radius 1 is 1.44 bits per heavy atom. The molecule has 0 radical (unpaired) electrons. The molecule has 0 aliphatic carbocycles. The number of sulfonamides is 1. The van der Waals surface area contributed by atoms with Gasteiger partial charge in [-0.25, -0.2) is 18.1 Å². The molecule has 1 unspecified atom stereocenters. The summed E-state index contributed by atoms with van der Waals surface area (Å²) < 4.78 is 33.2. The van der Waals surface area contributed by atoms with Gasteiger partial charge in [-0.3, -0.25) is 0 Å². The summed E-state index contributed by atoms with van der Waals surface area (Å²) >= 11 is 1.62. The average Bonchev–Trinajstić information content (AvgIpc) is 3.14. The second-order valence-electron chi connectivity index (χ2n) is 6.25. The average molecular weight is 382 g/mol. The molecule has 8 heteroatoms. The summed E-state index contributed by atoms with van der Waals surface area (Å²) in [5, 5.41) is 2.98. The van der Waals surface area contributed by atoms with Crippen molar-refractivity contribution < 1.29 is 13.2 Å². The smallest absolute Gasteiger partial charge is 0.240 e. The number of anilines is 1. The van der Waals surface area contributed by atoms with Gasteiger partial charge in [0, 0.05) is 31.2 Å². The first-order valence-electron chi connectivity index (χ1n) is 8.28. The second kappa shape index (κ2) is 7.72. The summed E-state index contributed by atoms with van der Waals surface area (Å²) in [4.78, 5) is 6.90. The van der Waals surface area contributed by atoms with Gasteiger partial charge < -0.3 is 9.64 Å². The van der Waals surface area contributed by atoms with Gasteiger partial charge >= 0.3 is 0 Å². The van der Waals surface area contributed by atoms with Crippen LogP contribution in [0.5, 0.6) is 5.75 Å². The first-order chi connectivity index (χ1) is 12.0. The molecule has 1 fully saturated rings. The fraction of sp³-hybridized carbons (Fsp3) is 0.471. The van der Waals surface area contributed by atoms with Gasteiger partial charge in [-0.2, -0.15) is 0 Å². The van der Waals surface area contributed by atoms with E-state index in [0.29, 0.717) is 22.8 Å². The number of nitrogens with zero attached hydrogens (tertiary/aromatic N) is 2. The van der Waals surface area contributed by atoms with E-state index in [0.717, 1.165) is 31.1 Å². The highest BCUT2D eigenvalue weighted by molar-refractivity contribution is 7.89. The molecule has 1 aliphatic heterocycles. The first-order valence-corrected chi connectivity index (χ1v) is 10.6. The van der Waals surface area contributed by atoms with E-state index < -0.39 is 10.0 Å². The molecule has 1 aromatic carbocycles. The van der Waals surface area contributed by atoms with Crippen LogP contribution in [-0.4, -0.2) is 40.1 Å². The van der Waals surface area contributed by atoms with Gasteiger partial charge in [0.15, 0.2) is 5.13 Å². The standard InChI is InChI=1S/C17H23N3O3S2/c1-13-10-15(23-2)5-6-16(13)25(21,22)19-11-14-4-3-8-20(12-14)17-18-7-9-24-17/h5-7,9-10,14,19H,3-4,8,11-12H2,1-2H3. The molecular formula is C17H23N3O3S2. The van der Waals surface area contributed by atoms with E-state index in [9.17, 15) is 8.42 Å². The molecule has 6 nitrogen and oxygen atoms in total. The molecule has 1 saturated heterocycles. The van der Waals surface area contributed by atoms with Gasteiger partial charge in [-0.15, -0.1) is 11.3 Å². The number of piperidine rings is 1. The Bertz CT molecular complexity index is 807.